The number of piperazine rings is 1. The summed E-state index contributed by atoms with van der Waals surface area (Å²) in [5, 5.41) is 16.0. The van der Waals surface area contributed by atoms with Gasteiger partial charge in [0.05, 0.1) is 5.56 Å². The number of hydrogen-bond acceptors (Lipinski definition) is 2. The highest BCUT2D eigenvalue weighted by Gasteiger charge is 2.26. The van der Waals surface area contributed by atoms with Crippen LogP contribution in [0, 0.1) is 0 Å². The van der Waals surface area contributed by atoms with E-state index in [2.05, 4.69) is 5.32 Å². The van der Waals surface area contributed by atoms with Crippen molar-refractivity contribution in [3.63, 3.8) is 0 Å². The lowest BCUT2D eigenvalue weighted by Crippen LogP contribution is -3.28. The van der Waals surface area contributed by atoms with E-state index in [0.29, 0.717) is 17.3 Å². The van der Waals surface area contributed by atoms with Crippen LogP contribution in [0.4, 0.5) is 0 Å². The van der Waals surface area contributed by atoms with Crippen molar-refractivity contribution in [1.82, 2.24) is 5.32 Å². The van der Waals surface area contributed by atoms with Gasteiger partial charge in [-0.2, -0.15) is 0 Å². The number of amides is 1. The van der Waals surface area contributed by atoms with Crippen LogP contribution in [0.5, 0.6) is 5.75 Å². The van der Waals surface area contributed by atoms with Gasteiger partial charge < -0.3 is 20.2 Å². The molecule has 3 rings (SSSR count). The van der Waals surface area contributed by atoms with Gasteiger partial charge in [0.25, 0.3) is 5.91 Å². The Morgan fingerprint density at radius 2 is 1.77 bits per heavy atom. The number of phenolic OH excluding ortho intramolecular Hbond substituents is 1. The predicted octanol–water partition coefficient (Wildman–Crippen LogP) is 0.00680. The molecule has 5 nitrogen and oxygen atoms in total. The summed E-state index contributed by atoms with van der Waals surface area (Å²) in [6.07, 6.45) is 0. The summed E-state index contributed by atoms with van der Waals surface area (Å²) in [4.78, 5) is 14.7. The van der Waals surface area contributed by atoms with E-state index in [9.17, 15) is 9.90 Å². The van der Waals surface area contributed by atoms with Gasteiger partial charge in [-0.15, -0.1) is 0 Å². The van der Waals surface area contributed by atoms with Gasteiger partial charge in [0.1, 0.15) is 38.5 Å². The molecule has 0 atom stereocenters. The average Bonchev–Trinajstić information content (AvgIpc) is 2.60. The second kappa shape index (κ2) is 8.25. The standard InChI is InChI=1S/C20H26ClN3O2/c1-14(2)22-19(25)13-24-9-7-23(8-10-24)12-15-11-18(21)16-5-3-4-6-17(16)20(15)26/h3-6,11,14,26H,7-10,12-13H2,1-2H3,(H,22,25)/p+2. The first kappa shape index (κ1) is 19.0. The monoisotopic (exact) mass is 377 g/mol. The molecule has 0 spiro atoms. The normalized spacial score (nSPS) is 20.5. The molecule has 0 bridgehead atoms. The summed E-state index contributed by atoms with van der Waals surface area (Å²) in [5.74, 6) is 0.459. The van der Waals surface area contributed by atoms with Crippen LogP contribution in [0.25, 0.3) is 10.8 Å². The molecule has 26 heavy (non-hydrogen) atoms. The number of nitrogens with one attached hydrogen (secondary N) is 3. The second-order valence-electron chi connectivity index (χ2n) is 7.49. The van der Waals surface area contributed by atoms with Crippen LogP contribution >= 0.6 is 11.6 Å². The van der Waals surface area contributed by atoms with Crippen molar-refractivity contribution >= 4 is 28.3 Å². The molecule has 1 aliphatic rings. The molecular weight excluding hydrogens is 350 g/mol. The molecule has 6 heteroatoms. The lowest BCUT2D eigenvalue weighted by molar-refractivity contribution is -1.02. The Hall–Kier alpha value is -1.82. The lowest BCUT2D eigenvalue weighted by Gasteiger charge is -2.29. The third-order valence-corrected chi connectivity index (χ3v) is 5.32. The number of carbonyl (C=O) groups excluding carboxylic acids is 1. The van der Waals surface area contributed by atoms with E-state index in [4.69, 9.17) is 11.6 Å². The number of quaternary nitrogens is 2. The number of halogens is 1. The molecule has 4 N–H and O–H groups in total. The summed E-state index contributed by atoms with van der Waals surface area (Å²) in [6.45, 7) is 9.14. The predicted molar refractivity (Wildman–Crippen MR) is 104 cm³/mol. The van der Waals surface area contributed by atoms with E-state index in [0.717, 1.165) is 49.1 Å². The fraction of sp³-hybridized carbons (Fsp3) is 0.450. The summed E-state index contributed by atoms with van der Waals surface area (Å²) < 4.78 is 0. The molecule has 0 aromatic heterocycles. The highest BCUT2D eigenvalue weighted by molar-refractivity contribution is 6.35. The summed E-state index contributed by atoms with van der Waals surface area (Å²) >= 11 is 6.40. The highest BCUT2D eigenvalue weighted by Crippen LogP contribution is 2.33. The van der Waals surface area contributed by atoms with Crippen molar-refractivity contribution < 1.29 is 19.7 Å². The third kappa shape index (κ3) is 4.47. The minimum Gasteiger partial charge on any atom is -0.507 e. The van der Waals surface area contributed by atoms with Crippen LogP contribution < -0.4 is 15.1 Å². The first-order chi connectivity index (χ1) is 12.4. The van der Waals surface area contributed by atoms with Gasteiger partial charge >= 0.3 is 0 Å². The zero-order valence-corrected chi connectivity index (χ0v) is 16.2. The topological polar surface area (TPSA) is 58.2 Å². The molecule has 1 fully saturated rings. The minimum atomic E-state index is 0.123. The van der Waals surface area contributed by atoms with E-state index in [1.165, 1.54) is 9.80 Å². The number of rotatable bonds is 5. The van der Waals surface area contributed by atoms with Crippen molar-refractivity contribution in [3.8, 4) is 5.75 Å². The second-order valence-corrected chi connectivity index (χ2v) is 7.89. The van der Waals surface area contributed by atoms with Crippen molar-refractivity contribution in [2.75, 3.05) is 32.7 Å². The van der Waals surface area contributed by atoms with E-state index in [1.54, 1.807) is 0 Å². The Bertz CT molecular complexity index is 786. The van der Waals surface area contributed by atoms with E-state index in [-0.39, 0.29) is 11.9 Å². The van der Waals surface area contributed by atoms with Crippen molar-refractivity contribution in [2.24, 2.45) is 0 Å². The van der Waals surface area contributed by atoms with E-state index < -0.39 is 0 Å². The Morgan fingerprint density at radius 3 is 2.42 bits per heavy atom. The zero-order chi connectivity index (χ0) is 18.7. The van der Waals surface area contributed by atoms with Crippen LogP contribution in [-0.4, -0.2) is 49.8 Å². The first-order valence-corrected chi connectivity index (χ1v) is 9.67. The SMILES string of the molecule is CC(C)NC(=O)C[NH+]1CC[NH+](Cc2cc(Cl)c3ccccc3c2O)CC1. The number of fused-ring (bicyclic) bond motifs is 1. The Kier molecular flexibility index (Phi) is 6.01. The maximum Gasteiger partial charge on any atom is 0.275 e. The highest BCUT2D eigenvalue weighted by atomic mass is 35.5. The van der Waals surface area contributed by atoms with Gasteiger partial charge in [0.2, 0.25) is 0 Å². The molecule has 1 heterocycles. The molecule has 0 unspecified atom stereocenters. The maximum absolute atomic E-state index is 11.9. The zero-order valence-electron chi connectivity index (χ0n) is 15.4. The third-order valence-electron chi connectivity index (χ3n) is 5.01. The summed E-state index contributed by atoms with van der Waals surface area (Å²) in [6, 6.07) is 9.76. The molecule has 2 aromatic carbocycles. The Labute approximate surface area is 159 Å². The first-order valence-electron chi connectivity index (χ1n) is 9.29. The maximum atomic E-state index is 11.9. The Balaban J connectivity index is 1.61. The van der Waals surface area contributed by atoms with Crippen LogP contribution in [0.1, 0.15) is 19.4 Å². The van der Waals surface area contributed by atoms with Gasteiger partial charge in [-0.25, -0.2) is 0 Å². The molecule has 1 aliphatic heterocycles. The minimum absolute atomic E-state index is 0.123. The van der Waals surface area contributed by atoms with Crippen LogP contribution in [0.15, 0.2) is 30.3 Å². The van der Waals surface area contributed by atoms with Crippen molar-refractivity contribution in [2.45, 2.75) is 26.4 Å². The van der Waals surface area contributed by atoms with Gasteiger partial charge in [0.15, 0.2) is 6.54 Å². The number of phenols is 1. The van der Waals surface area contributed by atoms with Gasteiger partial charge in [-0.1, -0.05) is 35.9 Å². The molecule has 0 aliphatic carbocycles. The van der Waals surface area contributed by atoms with E-state index >= 15 is 0 Å². The van der Waals surface area contributed by atoms with Gasteiger partial charge in [-0.05, 0) is 19.9 Å². The van der Waals surface area contributed by atoms with Crippen LogP contribution in [0.2, 0.25) is 5.02 Å². The summed E-state index contributed by atoms with van der Waals surface area (Å²) in [5.41, 5.74) is 0.893. The van der Waals surface area contributed by atoms with Gasteiger partial charge in [-0.3, -0.25) is 4.79 Å². The van der Waals surface area contributed by atoms with Gasteiger partial charge in [0, 0.05) is 21.8 Å². The van der Waals surface area contributed by atoms with Crippen molar-refractivity contribution in [1.29, 1.82) is 0 Å². The largest absolute Gasteiger partial charge is 0.507 e. The Morgan fingerprint density at radius 1 is 1.15 bits per heavy atom. The number of benzene rings is 2. The summed E-state index contributed by atoms with van der Waals surface area (Å²) in [7, 11) is 0. The van der Waals surface area contributed by atoms with Crippen LogP contribution in [-0.2, 0) is 11.3 Å². The fourth-order valence-electron chi connectivity index (χ4n) is 3.68. The molecule has 140 valence electrons. The quantitative estimate of drug-likeness (QED) is 0.593. The molecule has 0 saturated carbocycles. The molecule has 0 radical (unpaired) electrons. The molecule has 1 saturated heterocycles. The number of aromatic hydroxyl groups is 1. The lowest BCUT2D eigenvalue weighted by atomic mass is 10.0. The van der Waals surface area contributed by atoms with Crippen LogP contribution in [0.3, 0.4) is 0 Å². The fourth-order valence-corrected chi connectivity index (χ4v) is 3.98. The average molecular weight is 378 g/mol. The molecule has 1 amide bonds. The van der Waals surface area contributed by atoms with Crippen molar-refractivity contribution in [3.05, 3.63) is 40.9 Å². The molecular formula is C20H28ClN3O2+2. The smallest absolute Gasteiger partial charge is 0.275 e. The van der Waals surface area contributed by atoms with E-state index in [1.807, 2.05) is 44.2 Å². The number of carbonyl (C=O) groups is 1. The molecule has 2 aromatic rings. The number of hydrogen-bond donors (Lipinski definition) is 4.